The predicted molar refractivity (Wildman–Crippen MR) is 93.0 cm³/mol. The van der Waals surface area contributed by atoms with Crippen LogP contribution < -0.4 is 5.43 Å². The van der Waals surface area contributed by atoms with Crippen LogP contribution in [0.1, 0.15) is 5.56 Å². The highest BCUT2D eigenvalue weighted by Gasteiger charge is 2.05. The maximum atomic E-state index is 5.87. The van der Waals surface area contributed by atoms with Gasteiger partial charge in [0.05, 0.1) is 6.21 Å². The van der Waals surface area contributed by atoms with Gasteiger partial charge in [-0.2, -0.15) is 5.10 Å². The Balaban J connectivity index is 1.66. The van der Waals surface area contributed by atoms with Crippen molar-refractivity contribution in [2.24, 2.45) is 5.10 Å². The molecule has 0 amide bonds. The molecule has 0 aliphatic carbocycles. The van der Waals surface area contributed by atoms with Crippen molar-refractivity contribution >= 4 is 45.9 Å². The quantitative estimate of drug-likeness (QED) is 0.535. The lowest BCUT2D eigenvalue weighted by atomic mass is 10.2. The van der Waals surface area contributed by atoms with Gasteiger partial charge in [0.15, 0.2) is 0 Å². The summed E-state index contributed by atoms with van der Waals surface area (Å²) in [6.45, 7) is 0. The maximum absolute atomic E-state index is 5.87. The molecule has 4 nitrogen and oxygen atoms in total. The zero-order valence-electron chi connectivity index (χ0n) is 11.2. The molecule has 0 saturated carbocycles. The summed E-state index contributed by atoms with van der Waals surface area (Å²) in [5.74, 6) is 0. The standard InChI is InChI=1S/C15H10Cl2N4S/c16-12-5-1-10(2-6-12)9-18-20-15-21-19-14(22-15)11-3-7-13(17)8-4-11/h1-9H,(H,20,21)/b18-9+. The molecule has 2 aromatic carbocycles. The van der Waals surface area contributed by atoms with E-state index in [1.165, 1.54) is 11.3 Å². The molecule has 22 heavy (non-hydrogen) atoms. The van der Waals surface area contributed by atoms with Crippen molar-refractivity contribution in [2.75, 3.05) is 5.43 Å². The Kier molecular flexibility index (Phi) is 4.68. The van der Waals surface area contributed by atoms with Crippen molar-refractivity contribution in [1.82, 2.24) is 10.2 Å². The SMILES string of the molecule is Clc1ccc(/C=N/Nc2nnc(-c3ccc(Cl)cc3)s2)cc1. The summed E-state index contributed by atoms with van der Waals surface area (Å²) in [6, 6.07) is 14.8. The first-order chi connectivity index (χ1) is 10.7. The summed E-state index contributed by atoms with van der Waals surface area (Å²) in [5.41, 5.74) is 4.78. The number of hydrogen-bond acceptors (Lipinski definition) is 5. The molecule has 1 aromatic heterocycles. The molecule has 0 atom stereocenters. The summed E-state index contributed by atoms with van der Waals surface area (Å²) >= 11 is 13.1. The van der Waals surface area contributed by atoms with Crippen LogP contribution in [-0.4, -0.2) is 16.4 Å². The number of hydrogen-bond donors (Lipinski definition) is 1. The van der Waals surface area contributed by atoms with Crippen LogP contribution in [-0.2, 0) is 0 Å². The van der Waals surface area contributed by atoms with Gasteiger partial charge in [-0.25, -0.2) is 0 Å². The van der Waals surface area contributed by atoms with E-state index in [1.54, 1.807) is 6.21 Å². The monoisotopic (exact) mass is 348 g/mol. The Morgan fingerprint density at radius 1 is 0.909 bits per heavy atom. The van der Waals surface area contributed by atoms with E-state index in [0.29, 0.717) is 15.2 Å². The second-order valence-corrected chi connectivity index (χ2v) is 6.19. The number of benzene rings is 2. The van der Waals surface area contributed by atoms with Crippen LogP contribution in [0, 0.1) is 0 Å². The zero-order chi connectivity index (χ0) is 15.4. The zero-order valence-corrected chi connectivity index (χ0v) is 13.5. The van der Waals surface area contributed by atoms with Gasteiger partial charge >= 0.3 is 0 Å². The average molecular weight is 349 g/mol. The summed E-state index contributed by atoms with van der Waals surface area (Å²) in [4.78, 5) is 0. The number of nitrogens with one attached hydrogen (secondary N) is 1. The Hall–Kier alpha value is -1.95. The molecule has 0 unspecified atom stereocenters. The number of aromatic nitrogens is 2. The Bertz CT molecular complexity index is 782. The third kappa shape index (κ3) is 3.82. The van der Waals surface area contributed by atoms with E-state index >= 15 is 0 Å². The van der Waals surface area contributed by atoms with Crippen molar-refractivity contribution in [3.05, 3.63) is 64.1 Å². The van der Waals surface area contributed by atoms with Crippen molar-refractivity contribution in [3.8, 4) is 10.6 Å². The van der Waals surface area contributed by atoms with Gasteiger partial charge in [0, 0.05) is 15.6 Å². The fourth-order valence-corrected chi connectivity index (χ4v) is 2.64. The first-order valence-corrected chi connectivity index (χ1v) is 7.92. The van der Waals surface area contributed by atoms with Gasteiger partial charge in [-0.3, -0.25) is 5.43 Å². The molecule has 3 aromatic rings. The third-order valence-electron chi connectivity index (χ3n) is 2.76. The van der Waals surface area contributed by atoms with Gasteiger partial charge in [-0.15, -0.1) is 10.2 Å². The topological polar surface area (TPSA) is 50.2 Å². The third-order valence-corrected chi connectivity index (χ3v) is 4.14. The van der Waals surface area contributed by atoms with Gasteiger partial charge in [0.2, 0.25) is 5.13 Å². The lowest BCUT2D eigenvalue weighted by Crippen LogP contribution is -1.89. The Labute approximate surface area is 141 Å². The van der Waals surface area contributed by atoms with Gasteiger partial charge in [0.1, 0.15) is 5.01 Å². The van der Waals surface area contributed by atoms with E-state index in [0.717, 1.165) is 16.1 Å². The fourth-order valence-electron chi connectivity index (χ4n) is 1.69. The molecule has 1 N–H and O–H groups in total. The van der Waals surface area contributed by atoms with Crippen LogP contribution in [0.4, 0.5) is 5.13 Å². The van der Waals surface area contributed by atoms with E-state index in [9.17, 15) is 0 Å². The first-order valence-electron chi connectivity index (χ1n) is 6.35. The normalized spacial score (nSPS) is 11.0. The number of hydrazone groups is 1. The van der Waals surface area contributed by atoms with Crippen molar-refractivity contribution in [3.63, 3.8) is 0 Å². The second kappa shape index (κ2) is 6.87. The average Bonchev–Trinajstić information content (AvgIpc) is 2.99. The fraction of sp³-hybridized carbons (Fsp3) is 0. The molecule has 7 heteroatoms. The van der Waals surface area contributed by atoms with Crippen LogP contribution in [0.5, 0.6) is 0 Å². The molecule has 0 spiro atoms. The summed E-state index contributed by atoms with van der Waals surface area (Å²) < 4.78 is 0. The highest BCUT2D eigenvalue weighted by atomic mass is 35.5. The van der Waals surface area contributed by atoms with Gasteiger partial charge in [-0.05, 0) is 29.8 Å². The minimum Gasteiger partial charge on any atom is -0.251 e. The van der Waals surface area contributed by atoms with Gasteiger partial charge < -0.3 is 0 Å². The second-order valence-electron chi connectivity index (χ2n) is 4.34. The molecular formula is C15H10Cl2N4S. The van der Waals surface area contributed by atoms with E-state index < -0.39 is 0 Å². The molecule has 0 aliphatic heterocycles. The minimum atomic E-state index is 0.621. The molecule has 1 heterocycles. The maximum Gasteiger partial charge on any atom is 0.226 e. The molecule has 0 aliphatic rings. The van der Waals surface area contributed by atoms with E-state index in [4.69, 9.17) is 23.2 Å². The van der Waals surface area contributed by atoms with Gasteiger partial charge in [0.25, 0.3) is 0 Å². The number of anilines is 1. The van der Waals surface area contributed by atoms with Crippen molar-refractivity contribution < 1.29 is 0 Å². The summed E-state index contributed by atoms with van der Waals surface area (Å²) in [7, 11) is 0. The van der Waals surface area contributed by atoms with Crippen LogP contribution >= 0.6 is 34.5 Å². The first kappa shape index (κ1) is 15.0. The van der Waals surface area contributed by atoms with Crippen LogP contribution in [0.25, 0.3) is 10.6 Å². The van der Waals surface area contributed by atoms with Crippen LogP contribution in [0.2, 0.25) is 10.0 Å². The predicted octanol–water partition coefficient (Wildman–Crippen LogP) is 4.96. The van der Waals surface area contributed by atoms with Crippen molar-refractivity contribution in [1.29, 1.82) is 0 Å². The largest absolute Gasteiger partial charge is 0.251 e. The number of rotatable bonds is 4. The minimum absolute atomic E-state index is 0.621. The molecule has 0 saturated heterocycles. The van der Waals surface area contributed by atoms with Crippen molar-refractivity contribution in [2.45, 2.75) is 0 Å². The van der Waals surface area contributed by atoms with Crippen LogP contribution in [0.3, 0.4) is 0 Å². The molecule has 3 rings (SSSR count). The van der Waals surface area contributed by atoms with Crippen LogP contribution in [0.15, 0.2) is 53.6 Å². The molecule has 110 valence electrons. The Morgan fingerprint density at radius 3 is 2.23 bits per heavy atom. The van der Waals surface area contributed by atoms with Gasteiger partial charge in [-0.1, -0.05) is 58.8 Å². The lowest BCUT2D eigenvalue weighted by Gasteiger charge is -1.95. The number of halogens is 2. The summed E-state index contributed by atoms with van der Waals surface area (Å²) in [5, 5.41) is 15.1. The van der Waals surface area contributed by atoms with E-state index in [-0.39, 0.29) is 0 Å². The van der Waals surface area contributed by atoms with E-state index in [1.807, 2.05) is 48.5 Å². The summed E-state index contributed by atoms with van der Waals surface area (Å²) in [6.07, 6.45) is 1.69. The smallest absolute Gasteiger partial charge is 0.226 e. The lowest BCUT2D eigenvalue weighted by molar-refractivity contribution is 1.08. The highest BCUT2D eigenvalue weighted by molar-refractivity contribution is 7.18. The molecule has 0 radical (unpaired) electrons. The molecule has 0 bridgehead atoms. The molecular weight excluding hydrogens is 339 g/mol. The Morgan fingerprint density at radius 2 is 1.55 bits per heavy atom. The van der Waals surface area contributed by atoms with E-state index in [2.05, 4.69) is 20.7 Å². The number of nitrogens with zero attached hydrogens (tertiary/aromatic N) is 3. The molecule has 0 fully saturated rings. The highest BCUT2D eigenvalue weighted by Crippen LogP contribution is 2.27.